The van der Waals surface area contributed by atoms with Gasteiger partial charge in [0.15, 0.2) is 0 Å². The highest BCUT2D eigenvalue weighted by Gasteiger charge is 2.37. The second kappa shape index (κ2) is 6.16. The predicted octanol–water partition coefficient (Wildman–Crippen LogP) is 3.68. The first-order valence-electron chi connectivity index (χ1n) is 8.10. The summed E-state index contributed by atoms with van der Waals surface area (Å²) >= 11 is 0. The molecule has 0 N–H and O–H groups in total. The molecular formula is C20H20N2O3. The second-order valence-electron chi connectivity index (χ2n) is 6.35. The van der Waals surface area contributed by atoms with Crippen molar-refractivity contribution < 1.29 is 14.3 Å². The zero-order valence-corrected chi connectivity index (χ0v) is 15.0. The van der Waals surface area contributed by atoms with Crippen molar-refractivity contribution in [2.45, 2.75) is 34.6 Å². The Kier molecular flexibility index (Phi) is 4.17. The lowest BCUT2D eigenvalue weighted by atomic mass is 9.94. The normalized spacial score (nSPS) is 16.3. The number of rotatable bonds is 2. The van der Waals surface area contributed by atoms with Crippen LogP contribution in [-0.4, -0.2) is 21.7 Å². The lowest BCUT2D eigenvalue weighted by Crippen LogP contribution is -2.02. The molecule has 0 spiro atoms. The van der Waals surface area contributed by atoms with Crippen molar-refractivity contribution >= 4 is 17.5 Å². The van der Waals surface area contributed by atoms with E-state index in [1.165, 1.54) is 0 Å². The Bertz CT molecular complexity index is 943. The molecule has 0 radical (unpaired) electrons. The lowest BCUT2D eigenvalue weighted by molar-refractivity contribution is -0.149. The SMILES string of the molecule is CC(C)=C1C(=O)OC(=O)/C1=C(\C)c1c(C)nn(-c2ccccc2)c1C. The highest BCUT2D eigenvalue weighted by atomic mass is 16.6. The van der Waals surface area contributed by atoms with Crippen LogP contribution in [0.15, 0.2) is 47.1 Å². The number of esters is 2. The zero-order chi connectivity index (χ0) is 18.3. The van der Waals surface area contributed by atoms with Crippen LogP contribution in [0.25, 0.3) is 11.3 Å². The highest BCUT2D eigenvalue weighted by Crippen LogP contribution is 2.35. The van der Waals surface area contributed by atoms with Gasteiger partial charge in [-0.2, -0.15) is 5.10 Å². The van der Waals surface area contributed by atoms with Crippen LogP contribution in [0.3, 0.4) is 0 Å². The molecular weight excluding hydrogens is 316 g/mol. The van der Waals surface area contributed by atoms with Gasteiger partial charge in [0.05, 0.1) is 22.5 Å². The Morgan fingerprint density at radius 1 is 0.960 bits per heavy atom. The molecule has 128 valence electrons. The molecule has 1 aromatic heterocycles. The van der Waals surface area contributed by atoms with Gasteiger partial charge in [0.25, 0.3) is 0 Å². The summed E-state index contributed by atoms with van der Waals surface area (Å²) < 4.78 is 6.69. The molecule has 1 aromatic carbocycles. The van der Waals surface area contributed by atoms with Crippen molar-refractivity contribution in [1.29, 1.82) is 0 Å². The number of benzene rings is 1. The number of para-hydroxylation sites is 1. The van der Waals surface area contributed by atoms with E-state index < -0.39 is 11.9 Å². The van der Waals surface area contributed by atoms with Crippen molar-refractivity contribution in [3.05, 3.63) is 64.0 Å². The molecule has 5 heteroatoms. The first kappa shape index (κ1) is 16.9. The van der Waals surface area contributed by atoms with Crippen LogP contribution in [0, 0.1) is 13.8 Å². The van der Waals surface area contributed by atoms with Crippen molar-refractivity contribution in [3.63, 3.8) is 0 Å². The molecule has 1 aliphatic rings. The van der Waals surface area contributed by atoms with E-state index >= 15 is 0 Å². The van der Waals surface area contributed by atoms with Gasteiger partial charge >= 0.3 is 11.9 Å². The van der Waals surface area contributed by atoms with Crippen LogP contribution >= 0.6 is 0 Å². The Morgan fingerprint density at radius 2 is 1.56 bits per heavy atom. The number of cyclic esters (lactones) is 2. The van der Waals surface area contributed by atoms with E-state index in [0.29, 0.717) is 16.7 Å². The fourth-order valence-electron chi connectivity index (χ4n) is 3.32. The van der Waals surface area contributed by atoms with E-state index in [2.05, 4.69) is 5.10 Å². The van der Waals surface area contributed by atoms with Crippen molar-refractivity contribution in [2.24, 2.45) is 0 Å². The predicted molar refractivity (Wildman–Crippen MR) is 95.1 cm³/mol. The maximum Gasteiger partial charge on any atom is 0.347 e. The Morgan fingerprint density at radius 3 is 2.16 bits per heavy atom. The van der Waals surface area contributed by atoms with Crippen LogP contribution in [0.1, 0.15) is 37.7 Å². The summed E-state index contributed by atoms with van der Waals surface area (Å²) in [5.74, 6) is -1.17. The van der Waals surface area contributed by atoms with Gasteiger partial charge < -0.3 is 4.74 Å². The monoisotopic (exact) mass is 336 g/mol. The maximum absolute atomic E-state index is 12.3. The third-order valence-electron chi connectivity index (χ3n) is 4.39. The summed E-state index contributed by atoms with van der Waals surface area (Å²) in [5, 5.41) is 4.62. The van der Waals surface area contributed by atoms with Crippen LogP contribution in [0.4, 0.5) is 0 Å². The molecule has 2 aromatic rings. The number of carbonyl (C=O) groups excluding carboxylic acids is 2. The summed E-state index contributed by atoms with van der Waals surface area (Å²) in [5.41, 5.74) is 5.68. The van der Waals surface area contributed by atoms with Gasteiger partial charge in [0, 0.05) is 11.3 Å². The lowest BCUT2D eigenvalue weighted by Gasteiger charge is -2.08. The average molecular weight is 336 g/mol. The number of allylic oxidation sites excluding steroid dienone is 2. The molecule has 3 rings (SSSR count). The van der Waals surface area contributed by atoms with Crippen molar-refractivity contribution in [3.8, 4) is 5.69 Å². The van der Waals surface area contributed by atoms with Gasteiger partial charge in [0.1, 0.15) is 0 Å². The third-order valence-corrected chi connectivity index (χ3v) is 4.39. The minimum atomic E-state index is -0.593. The zero-order valence-electron chi connectivity index (χ0n) is 15.0. The Labute approximate surface area is 146 Å². The third kappa shape index (κ3) is 2.71. The number of aromatic nitrogens is 2. The van der Waals surface area contributed by atoms with E-state index in [-0.39, 0.29) is 0 Å². The number of aryl methyl sites for hydroxylation is 1. The number of hydrogen-bond donors (Lipinski definition) is 0. The Hall–Kier alpha value is -2.95. The first-order chi connectivity index (χ1) is 11.8. The second-order valence-corrected chi connectivity index (χ2v) is 6.35. The van der Waals surface area contributed by atoms with E-state index in [0.717, 1.165) is 28.2 Å². The first-order valence-corrected chi connectivity index (χ1v) is 8.10. The minimum absolute atomic E-state index is 0.337. The molecule has 1 fully saturated rings. The smallest absolute Gasteiger partial charge is 0.347 e. The van der Waals surface area contributed by atoms with E-state index in [1.54, 1.807) is 13.8 Å². The number of carbonyl (C=O) groups is 2. The fourth-order valence-corrected chi connectivity index (χ4v) is 3.32. The molecule has 0 saturated carbocycles. The van der Waals surface area contributed by atoms with Crippen molar-refractivity contribution in [1.82, 2.24) is 9.78 Å². The largest absolute Gasteiger partial charge is 0.386 e. The number of ether oxygens (including phenoxy) is 1. The van der Waals surface area contributed by atoms with Crippen LogP contribution in [0.2, 0.25) is 0 Å². The number of hydrogen-bond acceptors (Lipinski definition) is 4. The maximum atomic E-state index is 12.3. The highest BCUT2D eigenvalue weighted by molar-refractivity contribution is 6.22. The quantitative estimate of drug-likeness (QED) is 0.477. The van der Waals surface area contributed by atoms with E-state index in [1.807, 2.05) is 55.8 Å². The molecule has 25 heavy (non-hydrogen) atoms. The Balaban J connectivity index is 2.24. The van der Waals surface area contributed by atoms with E-state index in [4.69, 9.17) is 4.74 Å². The summed E-state index contributed by atoms with van der Waals surface area (Å²) in [7, 11) is 0. The van der Waals surface area contributed by atoms with Crippen LogP contribution in [0.5, 0.6) is 0 Å². The van der Waals surface area contributed by atoms with Gasteiger partial charge in [-0.25, -0.2) is 14.3 Å². The van der Waals surface area contributed by atoms with Crippen molar-refractivity contribution in [2.75, 3.05) is 0 Å². The standard InChI is InChI=1S/C20H20N2O3/c1-11(2)16-18(20(24)25-19(16)23)12(3)17-13(4)21-22(14(17)5)15-9-7-6-8-10-15/h6-10H,1-5H3/b18-12+. The van der Waals surface area contributed by atoms with Gasteiger partial charge in [-0.05, 0) is 52.3 Å². The van der Waals surface area contributed by atoms with Gasteiger partial charge in [-0.1, -0.05) is 23.8 Å². The van der Waals surface area contributed by atoms with Gasteiger partial charge in [0.2, 0.25) is 0 Å². The topological polar surface area (TPSA) is 61.2 Å². The molecule has 0 amide bonds. The summed E-state index contributed by atoms with van der Waals surface area (Å²) in [6.07, 6.45) is 0. The fraction of sp³-hybridized carbons (Fsp3) is 0.250. The van der Waals surface area contributed by atoms with E-state index in [9.17, 15) is 9.59 Å². The molecule has 1 saturated heterocycles. The molecule has 0 bridgehead atoms. The summed E-state index contributed by atoms with van der Waals surface area (Å²) in [6.45, 7) is 9.29. The molecule has 2 heterocycles. The molecule has 1 aliphatic heterocycles. The number of nitrogens with zero attached hydrogens (tertiary/aromatic N) is 2. The molecule has 0 aliphatic carbocycles. The molecule has 0 unspecified atom stereocenters. The summed E-state index contributed by atoms with van der Waals surface area (Å²) in [4.78, 5) is 24.3. The van der Waals surface area contributed by atoms with Crippen LogP contribution in [-0.2, 0) is 14.3 Å². The van der Waals surface area contributed by atoms with Gasteiger partial charge in [-0.3, -0.25) is 0 Å². The average Bonchev–Trinajstić information content (AvgIpc) is 3.03. The molecule has 0 atom stereocenters. The minimum Gasteiger partial charge on any atom is -0.386 e. The van der Waals surface area contributed by atoms with Gasteiger partial charge in [-0.15, -0.1) is 0 Å². The molecule has 5 nitrogen and oxygen atoms in total. The van der Waals surface area contributed by atoms with Crippen LogP contribution < -0.4 is 0 Å². The summed E-state index contributed by atoms with van der Waals surface area (Å²) in [6, 6.07) is 9.79.